The number of rotatable bonds is 4. The Morgan fingerprint density at radius 1 is 1.20 bits per heavy atom. The van der Waals surface area contributed by atoms with E-state index in [1.807, 2.05) is 31.2 Å². The Balaban J connectivity index is 2.12. The van der Waals surface area contributed by atoms with Gasteiger partial charge < -0.3 is 15.8 Å². The largest absolute Gasteiger partial charge is 0.497 e. The van der Waals surface area contributed by atoms with Gasteiger partial charge in [0.1, 0.15) is 5.75 Å². The number of hydrogen-bond donors (Lipinski definition) is 2. The molecule has 0 spiro atoms. The Hall–Kier alpha value is -2.33. The topological polar surface area (TPSA) is 64.3 Å². The van der Waals surface area contributed by atoms with E-state index >= 15 is 0 Å². The van der Waals surface area contributed by atoms with Gasteiger partial charge in [0.05, 0.1) is 7.11 Å². The van der Waals surface area contributed by atoms with Gasteiger partial charge >= 0.3 is 0 Å². The molecular formula is C16H18N2O2. The molecule has 2 aromatic rings. The van der Waals surface area contributed by atoms with Gasteiger partial charge in [0.2, 0.25) is 0 Å². The number of nitrogens with one attached hydrogen (secondary N) is 1. The molecule has 0 aliphatic carbocycles. The van der Waals surface area contributed by atoms with Crippen LogP contribution in [0.5, 0.6) is 5.75 Å². The van der Waals surface area contributed by atoms with Crippen molar-refractivity contribution in [2.45, 2.75) is 13.0 Å². The molecule has 0 aromatic heterocycles. The molecule has 2 rings (SSSR count). The standard InChI is InChI=1S/C16H18N2O2/c1-11(17)13-4-3-5-14(10-13)18-16(19)12-6-8-15(20-2)9-7-12/h3-11H,17H2,1-2H3,(H,18,19). The second kappa shape index (κ2) is 6.21. The van der Waals surface area contributed by atoms with Crippen molar-refractivity contribution in [2.24, 2.45) is 5.73 Å². The normalized spacial score (nSPS) is 11.8. The van der Waals surface area contributed by atoms with E-state index in [-0.39, 0.29) is 11.9 Å². The molecule has 0 saturated heterocycles. The van der Waals surface area contributed by atoms with Gasteiger partial charge in [-0.2, -0.15) is 0 Å². The average Bonchev–Trinajstić information content (AvgIpc) is 2.47. The van der Waals surface area contributed by atoms with Crippen LogP contribution in [0, 0.1) is 0 Å². The number of hydrogen-bond acceptors (Lipinski definition) is 3. The van der Waals surface area contributed by atoms with Gasteiger partial charge in [-0.05, 0) is 48.9 Å². The van der Waals surface area contributed by atoms with Crippen molar-refractivity contribution in [2.75, 3.05) is 12.4 Å². The molecule has 0 fully saturated rings. The van der Waals surface area contributed by atoms with Crippen molar-refractivity contribution in [1.82, 2.24) is 0 Å². The van der Waals surface area contributed by atoms with Gasteiger partial charge in [0, 0.05) is 17.3 Å². The highest BCUT2D eigenvalue weighted by atomic mass is 16.5. The van der Waals surface area contributed by atoms with Crippen molar-refractivity contribution in [3.05, 3.63) is 59.7 Å². The van der Waals surface area contributed by atoms with E-state index in [0.717, 1.165) is 17.0 Å². The first-order chi connectivity index (χ1) is 9.60. The van der Waals surface area contributed by atoms with Gasteiger partial charge in [-0.3, -0.25) is 4.79 Å². The van der Waals surface area contributed by atoms with Crippen LogP contribution in [0.3, 0.4) is 0 Å². The van der Waals surface area contributed by atoms with Crippen LogP contribution in [-0.4, -0.2) is 13.0 Å². The first kappa shape index (κ1) is 14.1. The second-order valence-corrected chi connectivity index (χ2v) is 4.60. The predicted molar refractivity (Wildman–Crippen MR) is 80.0 cm³/mol. The zero-order valence-corrected chi connectivity index (χ0v) is 11.6. The van der Waals surface area contributed by atoms with Crippen molar-refractivity contribution in [1.29, 1.82) is 0 Å². The Labute approximate surface area is 118 Å². The van der Waals surface area contributed by atoms with E-state index in [1.54, 1.807) is 31.4 Å². The molecule has 1 amide bonds. The minimum Gasteiger partial charge on any atom is -0.497 e. The van der Waals surface area contributed by atoms with E-state index in [9.17, 15) is 4.79 Å². The van der Waals surface area contributed by atoms with E-state index in [4.69, 9.17) is 10.5 Å². The summed E-state index contributed by atoms with van der Waals surface area (Å²) < 4.78 is 5.06. The SMILES string of the molecule is COc1ccc(C(=O)Nc2cccc(C(C)N)c2)cc1. The summed E-state index contributed by atoms with van der Waals surface area (Å²) in [5, 5.41) is 2.86. The molecule has 4 heteroatoms. The van der Waals surface area contributed by atoms with Gasteiger partial charge in [-0.15, -0.1) is 0 Å². The van der Waals surface area contributed by atoms with Crippen molar-refractivity contribution >= 4 is 11.6 Å². The van der Waals surface area contributed by atoms with E-state index in [2.05, 4.69) is 5.32 Å². The zero-order valence-electron chi connectivity index (χ0n) is 11.6. The number of methoxy groups -OCH3 is 1. The number of carbonyl (C=O) groups excluding carboxylic acids is 1. The maximum atomic E-state index is 12.1. The summed E-state index contributed by atoms with van der Waals surface area (Å²) in [4.78, 5) is 12.1. The lowest BCUT2D eigenvalue weighted by Crippen LogP contribution is -2.12. The minimum absolute atomic E-state index is 0.0622. The van der Waals surface area contributed by atoms with Crippen molar-refractivity contribution in [3.8, 4) is 5.75 Å². The summed E-state index contributed by atoms with van der Waals surface area (Å²) in [6.45, 7) is 1.91. The van der Waals surface area contributed by atoms with Crippen LogP contribution in [0.1, 0.15) is 28.9 Å². The summed E-state index contributed by atoms with van der Waals surface area (Å²) in [5.74, 6) is 0.565. The van der Waals surface area contributed by atoms with Crippen molar-refractivity contribution in [3.63, 3.8) is 0 Å². The monoisotopic (exact) mass is 270 g/mol. The highest BCUT2D eigenvalue weighted by Gasteiger charge is 2.07. The smallest absolute Gasteiger partial charge is 0.255 e. The molecule has 4 nitrogen and oxygen atoms in total. The third kappa shape index (κ3) is 3.36. The molecule has 0 heterocycles. The van der Waals surface area contributed by atoms with Crippen LogP contribution in [0.15, 0.2) is 48.5 Å². The first-order valence-corrected chi connectivity index (χ1v) is 6.41. The summed E-state index contributed by atoms with van der Waals surface area (Å²) >= 11 is 0. The van der Waals surface area contributed by atoms with Crippen LogP contribution in [0.25, 0.3) is 0 Å². The lowest BCUT2D eigenvalue weighted by molar-refractivity contribution is 0.102. The Bertz CT molecular complexity index is 592. The maximum absolute atomic E-state index is 12.1. The van der Waals surface area contributed by atoms with Crippen LogP contribution in [-0.2, 0) is 0 Å². The average molecular weight is 270 g/mol. The van der Waals surface area contributed by atoms with Crippen LogP contribution >= 0.6 is 0 Å². The van der Waals surface area contributed by atoms with Crippen LogP contribution in [0.2, 0.25) is 0 Å². The molecule has 3 N–H and O–H groups in total. The summed E-state index contributed by atoms with van der Waals surface area (Å²) in [6, 6.07) is 14.4. The Morgan fingerprint density at radius 3 is 2.50 bits per heavy atom. The molecule has 0 aliphatic heterocycles. The molecule has 2 aromatic carbocycles. The third-order valence-electron chi connectivity index (χ3n) is 3.02. The summed E-state index contributed by atoms with van der Waals surface area (Å²) in [5.41, 5.74) is 8.13. The molecule has 0 aliphatic rings. The minimum atomic E-state index is -0.158. The summed E-state index contributed by atoms with van der Waals surface area (Å²) in [7, 11) is 1.59. The van der Waals surface area contributed by atoms with E-state index < -0.39 is 0 Å². The number of anilines is 1. The zero-order chi connectivity index (χ0) is 14.5. The molecular weight excluding hydrogens is 252 g/mol. The quantitative estimate of drug-likeness (QED) is 0.897. The molecule has 0 saturated carbocycles. The molecule has 20 heavy (non-hydrogen) atoms. The second-order valence-electron chi connectivity index (χ2n) is 4.60. The van der Waals surface area contributed by atoms with Gasteiger partial charge in [-0.25, -0.2) is 0 Å². The molecule has 1 atom stereocenters. The Kier molecular flexibility index (Phi) is 4.38. The Morgan fingerprint density at radius 2 is 1.90 bits per heavy atom. The number of amides is 1. The number of ether oxygens (including phenoxy) is 1. The fraction of sp³-hybridized carbons (Fsp3) is 0.188. The molecule has 104 valence electrons. The van der Waals surface area contributed by atoms with Crippen LogP contribution < -0.4 is 15.8 Å². The summed E-state index contributed by atoms with van der Waals surface area (Å²) in [6.07, 6.45) is 0. The van der Waals surface area contributed by atoms with Crippen LogP contribution in [0.4, 0.5) is 5.69 Å². The molecule has 0 radical (unpaired) electrons. The highest BCUT2D eigenvalue weighted by Crippen LogP contribution is 2.17. The number of benzene rings is 2. The third-order valence-corrected chi connectivity index (χ3v) is 3.02. The van der Waals surface area contributed by atoms with Gasteiger partial charge in [0.15, 0.2) is 0 Å². The first-order valence-electron chi connectivity index (χ1n) is 6.41. The predicted octanol–water partition coefficient (Wildman–Crippen LogP) is 2.97. The highest BCUT2D eigenvalue weighted by molar-refractivity contribution is 6.04. The van der Waals surface area contributed by atoms with E-state index in [0.29, 0.717) is 5.56 Å². The molecule has 1 unspecified atom stereocenters. The van der Waals surface area contributed by atoms with E-state index in [1.165, 1.54) is 0 Å². The fourth-order valence-electron chi connectivity index (χ4n) is 1.85. The maximum Gasteiger partial charge on any atom is 0.255 e. The number of carbonyl (C=O) groups is 1. The lowest BCUT2D eigenvalue weighted by Gasteiger charge is -2.10. The van der Waals surface area contributed by atoms with Gasteiger partial charge in [-0.1, -0.05) is 12.1 Å². The lowest BCUT2D eigenvalue weighted by atomic mass is 10.1. The van der Waals surface area contributed by atoms with Gasteiger partial charge in [0.25, 0.3) is 5.91 Å². The number of nitrogens with two attached hydrogens (primary N) is 1. The fourth-order valence-corrected chi connectivity index (χ4v) is 1.85. The van der Waals surface area contributed by atoms with Crippen molar-refractivity contribution < 1.29 is 9.53 Å². The molecule has 0 bridgehead atoms.